The second-order valence-corrected chi connectivity index (χ2v) is 7.18. The molecule has 0 aliphatic rings. The molecule has 0 fully saturated rings. The highest BCUT2D eigenvalue weighted by atomic mass is 32.1. The van der Waals surface area contributed by atoms with E-state index in [0.29, 0.717) is 5.69 Å². The molecule has 2 heterocycles. The average molecular weight is 412 g/mol. The van der Waals surface area contributed by atoms with Crippen LogP contribution >= 0.6 is 23.6 Å². The van der Waals surface area contributed by atoms with Crippen LogP contribution in [0.25, 0.3) is 15.5 Å². The minimum Gasteiger partial charge on any atom is -0.332 e. The van der Waals surface area contributed by atoms with Gasteiger partial charge in [-0.05, 0) is 55.5 Å². The Hall–Kier alpha value is -3.24. The summed E-state index contributed by atoms with van der Waals surface area (Å²) >= 11 is 6.57. The largest absolute Gasteiger partial charge is 0.332 e. The van der Waals surface area contributed by atoms with Gasteiger partial charge in [-0.1, -0.05) is 23.5 Å². The normalized spacial score (nSPS) is 10.8. The minimum absolute atomic E-state index is 0.0689. The molecule has 2 N–H and O–H groups in total. The minimum atomic E-state index is -0.609. The molecule has 2 aromatic heterocycles. The first-order valence-corrected chi connectivity index (χ1v) is 9.40. The van der Waals surface area contributed by atoms with Gasteiger partial charge in [0.1, 0.15) is 10.8 Å². The van der Waals surface area contributed by atoms with E-state index in [0.717, 1.165) is 21.4 Å². The van der Waals surface area contributed by atoms with Crippen LogP contribution in [0.5, 0.6) is 0 Å². The Bertz CT molecular complexity index is 1180. The van der Waals surface area contributed by atoms with Crippen LogP contribution in [0.15, 0.2) is 48.5 Å². The number of carbonyl (C=O) groups is 1. The number of aromatic nitrogens is 4. The lowest BCUT2D eigenvalue weighted by molar-refractivity contribution is 0.0974. The van der Waals surface area contributed by atoms with Gasteiger partial charge >= 0.3 is 0 Å². The number of carbonyl (C=O) groups excluding carboxylic acids is 1. The van der Waals surface area contributed by atoms with E-state index in [1.54, 1.807) is 10.6 Å². The number of hydrogen-bond acceptors (Lipinski definition) is 6. The van der Waals surface area contributed by atoms with Gasteiger partial charge < -0.3 is 5.32 Å². The predicted octanol–water partition coefficient (Wildman–Crippen LogP) is 3.43. The average Bonchev–Trinajstić information content (AvgIpc) is 3.25. The van der Waals surface area contributed by atoms with Crippen LogP contribution in [0, 0.1) is 12.7 Å². The molecule has 140 valence electrons. The fourth-order valence-electron chi connectivity index (χ4n) is 2.51. The standard InChI is InChI=1S/C18H13FN6OS2/c1-10-22-23-18-25(10)24-16(28-18)11-6-8-12(9-7-11)20-17(27)21-15(26)13-4-2-3-5-14(13)19/h2-9H,1H3,(H2,20,21,26,27). The number of nitrogens with one attached hydrogen (secondary N) is 2. The van der Waals surface area contributed by atoms with Crippen molar-refractivity contribution in [2.24, 2.45) is 0 Å². The van der Waals surface area contributed by atoms with E-state index in [9.17, 15) is 9.18 Å². The van der Waals surface area contributed by atoms with Crippen LogP contribution in [0.3, 0.4) is 0 Å². The summed E-state index contributed by atoms with van der Waals surface area (Å²) in [6, 6.07) is 13.1. The highest BCUT2D eigenvalue weighted by Gasteiger charge is 2.13. The molecule has 0 radical (unpaired) electrons. The van der Waals surface area contributed by atoms with Gasteiger partial charge in [0.25, 0.3) is 5.91 Å². The number of nitrogens with zero attached hydrogens (tertiary/aromatic N) is 4. The molecule has 0 atom stereocenters. The SMILES string of the molecule is Cc1nnc2sc(-c3ccc(NC(=S)NC(=O)c4ccccc4F)cc3)nn12. The van der Waals surface area contributed by atoms with Gasteiger partial charge in [0.05, 0.1) is 5.56 Å². The zero-order valence-electron chi connectivity index (χ0n) is 14.5. The van der Waals surface area contributed by atoms with Gasteiger partial charge in [-0.25, -0.2) is 4.39 Å². The lowest BCUT2D eigenvalue weighted by atomic mass is 10.2. The molecule has 0 aliphatic heterocycles. The van der Waals surface area contributed by atoms with Crippen LogP contribution < -0.4 is 10.6 Å². The molecule has 7 nitrogen and oxygen atoms in total. The van der Waals surface area contributed by atoms with Crippen molar-refractivity contribution in [3.8, 4) is 10.6 Å². The molecule has 28 heavy (non-hydrogen) atoms. The number of benzene rings is 2. The summed E-state index contributed by atoms with van der Waals surface area (Å²) in [5.74, 6) is -0.485. The lowest BCUT2D eigenvalue weighted by Crippen LogP contribution is -2.34. The van der Waals surface area contributed by atoms with Crippen molar-refractivity contribution in [1.29, 1.82) is 0 Å². The van der Waals surface area contributed by atoms with Crippen molar-refractivity contribution >= 4 is 45.2 Å². The molecule has 0 bridgehead atoms. The van der Waals surface area contributed by atoms with E-state index < -0.39 is 11.7 Å². The lowest BCUT2D eigenvalue weighted by Gasteiger charge is -2.10. The van der Waals surface area contributed by atoms with Gasteiger partial charge in [0.15, 0.2) is 10.9 Å². The molecular weight excluding hydrogens is 399 g/mol. The van der Waals surface area contributed by atoms with Crippen molar-refractivity contribution < 1.29 is 9.18 Å². The monoisotopic (exact) mass is 412 g/mol. The van der Waals surface area contributed by atoms with Crippen LogP contribution in [0.1, 0.15) is 16.2 Å². The van der Waals surface area contributed by atoms with Gasteiger partial charge in [-0.2, -0.15) is 9.61 Å². The summed E-state index contributed by atoms with van der Waals surface area (Å²) in [5.41, 5.74) is 1.53. The molecular formula is C18H13FN6OS2. The molecule has 0 saturated heterocycles. The first-order chi connectivity index (χ1) is 13.5. The fourth-order valence-corrected chi connectivity index (χ4v) is 3.61. The molecule has 4 rings (SSSR count). The van der Waals surface area contributed by atoms with Crippen molar-refractivity contribution in [2.75, 3.05) is 5.32 Å². The van der Waals surface area contributed by atoms with E-state index in [4.69, 9.17) is 12.2 Å². The Morgan fingerprint density at radius 3 is 2.61 bits per heavy atom. The van der Waals surface area contributed by atoms with Crippen LogP contribution in [0.4, 0.5) is 10.1 Å². The summed E-state index contributed by atoms with van der Waals surface area (Å²) in [5, 5.41) is 18.8. The second-order valence-electron chi connectivity index (χ2n) is 5.81. The van der Waals surface area contributed by atoms with Gasteiger partial charge in [0, 0.05) is 11.3 Å². The van der Waals surface area contributed by atoms with E-state index in [2.05, 4.69) is 25.9 Å². The van der Waals surface area contributed by atoms with Crippen LogP contribution in [0.2, 0.25) is 0 Å². The van der Waals surface area contributed by atoms with E-state index in [1.807, 2.05) is 31.2 Å². The van der Waals surface area contributed by atoms with Crippen LogP contribution in [-0.2, 0) is 0 Å². The maximum Gasteiger partial charge on any atom is 0.260 e. The van der Waals surface area contributed by atoms with Crippen molar-refractivity contribution in [1.82, 2.24) is 25.1 Å². The summed E-state index contributed by atoms with van der Waals surface area (Å²) in [4.78, 5) is 12.8. The molecule has 0 unspecified atom stereocenters. The highest BCUT2D eigenvalue weighted by Crippen LogP contribution is 2.26. The summed E-state index contributed by atoms with van der Waals surface area (Å²) in [6.45, 7) is 1.84. The Morgan fingerprint density at radius 2 is 1.89 bits per heavy atom. The topological polar surface area (TPSA) is 84.2 Å². The number of fused-ring (bicyclic) bond motifs is 1. The highest BCUT2D eigenvalue weighted by molar-refractivity contribution is 7.80. The first-order valence-electron chi connectivity index (χ1n) is 8.17. The predicted molar refractivity (Wildman–Crippen MR) is 109 cm³/mol. The van der Waals surface area contributed by atoms with Gasteiger partial charge in [0.2, 0.25) is 4.96 Å². The third-order valence-electron chi connectivity index (χ3n) is 3.88. The first kappa shape index (κ1) is 18.1. The zero-order valence-corrected chi connectivity index (χ0v) is 16.1. The molecule has 0 spiro atoms. The van der Waals surface area contributed by atoms with E-state index >= 15 is 0 Å². The third-order valence-corrected chi connectivity index (χ3v) is 5.03. The maximum absolute atomic E-state index is 13.7. The zero-order chi connectivity index (χ0) is 19.7. The Balaban J connectivity index is 1.43. The number of halogens is 1. The number of rotatable bonds is 3. The van der Waals surface area contributed by atoms with Gasteiger partial charge in [-0.3, -0.25) is 10.1 Å². The molecule has 0 aliphatic carbocycles. The van der Waals surface area contributed by atoms with Crippen LogP contribution in [-0.4, -0.2) is 30.8 Å². The van der Waals surface area contributed by atoms with E-state index in [-0.39, 0.29) is 10.7 Å². The third kappa shape index (κ3) is 3.59. The second kappa shape index (κ2) is 7.41. The Morgan fingerprint density at radius 1 is 1.14 bits per heavy atom. The fraction of sp³-hybridized carbons (Fsp3) is 0.0556. The number of thiocarbonyl (C=S) groups is 1. The smallest absolute Gasteiger partial charge is 0.260 e. The Kier molecular flexibility index (Phi) is 4.80. The number of hydrogen-bond donors (Lipinski definition) is 2. The molecule has 4 aromatic rings. The summed E-state index contributed by atoms with van der Waals surface area (Å²) in [6.07, 6.45) is 0. The molecule has 0 saturated carbocycles. The summed E-state index contributed by atoms with van der Waals surface area (Å²) < 4.78 is 15.4. The maximum atomic E-state index is 13.7. The molecule has 10 heteroatoms. The number of amides is 1. The van der Waals surface area contributed by atoms with Gasteiger partial charge in [-0.15, -0.1) is 10.2 Å². The van der Waals surface area contributed by atoms with E-state index in [1.165, 1.54) is 29.5 Å². The van der Waals surface area contributed by atoms with Crippen molar-refractivity contribution in [2.45, 2.75) is 6.92 Å². The number of anilines is 1. The Labute approximate surface area is 168 Å². The van der Waals surface area contributed by atoms with Crippen molar-refractivity contribution in [3.05, 3.63) is 65.7 Å². The number of aryl methyl sites for hydroxylation is 1. The molecule has 2 aromatic carbocycles. The van der Waals surface area contributed by atoms with Crippen molar-refractivity contribution in [3.63, 3.8) is 0 Å². The summed E-state index contributed by atoms with van der Waals surface area (Å²) in [7, 11) is 0. The quantitative estimate of drug-likeness (QED) is 0.502. The molecule has 1 amide bonds.